The van der Waals surface area contributed by atoms with Gasteiger partial charge in [0.25, 0.3) is 0 Å². The van der Waals surface area contributed by atoms with Gasteiger partial charge in [-0.15, -0.1) is 0 Å². The first-order chi connectivity index (χ1) is 8.25. The molecule has 5 heteroatoms. The quantitative estimate of drug-likeness (QED) is 0.831. The van der Waals surface area contributed by atoms with Crippen molar-refractivity contribution in [1.82, 2.24) is 9.88 Å². The molecular weight excluding hydrogens is 218 g/mol. The molecule has 1 aromatic rings. The van der Waals surface area contributed by atoms with Crippen LogP contribution in [0.2, 0.25) is 0 Å². The topological polar surface area (TPSA) is 56.7 Å². The zero-order valence-electron chi connectivity index (χ0n) is 9.75. The second kappa shape index (κ2) is 5.63. The molecule has 5 nitrogen and oxygen atoms in total. The average Bonchev–Trinajstić information content (AvgIpc) is 2.38. The Morgan fingerprint density at radius 2 is 2.06 bits per heavy atom. The highest BCUT2D eigenvalue weighted by molar-refractivity contribution is 5.66. The van der Waals surface area contributed by atoms with Gasteiger partial charge in [-0.3, -0.25) is 9.69 Å². The van der Waals surface area contributed by atoms with Gasteiger partial charge in [-0.05, 0) is 12.1 Å². The lowest BCUT2D eigenvalue weighted by atomic mass is 10.3. The van der Waals surface area contributed by atoms with Gasteiger partial charge in [-0.25, -0.2) is 4.98 Å². The smallest absolute Gasteiger partial charge is 0.304 e. The van der Waals surface area contributed by atoms with Gasteiger partial charge in [0.2, 0.25) is 0 Å². The van der Waals surface area contributed by atoms with Crippen molar-refractivity contribution in [3.63, 3.8) is 0 Å². The molecule has 1 aromatic heterocycles. The molecular formula is C12H17N3O2. The molecule has 2 rings (SSSR count). The van der Waals surface area contributed by atoms with E-state index in [0.29, 0.717) is 6.54 Å². The summed E-state index contributed by atoms with van der Waals surface area (Å²) in [6, 6.07) is 5.90. The van der Waals surface area contributed by atoms with E-state index in [1.54, 1.807) is 6.20 Å². The van der Waals surface area contributed by atoms with Crippen LogP contribution < -0.4 is 4.90 Å². The van der Waals surface area contributed by atoms with Crippen molar-refractivity contribution < 1.29 is 9.90 Å². The number of carbonyl (C=O) groups is 1. The van der Waals surface area contributed by atoms with Crippen LogP contribution in [0.1, 0.15) is 6.42 Å². The molecule has 0 unspecified atom stereocenters. The Morgan fingerprint density at radius 1 is 1.29 bits per heavy atom. The van der Waals surface area contributed by atoms with Gasteiger partial charge in [-0.1, -0.05) is 6.07 Å². The fraction of sp³-hybridized carbons (Fsp3) is 0.500. The Kier molecular flexibility index (Phi) is 3.93. The minimum Gasteiger partial charge on any atom is -0.481 e. The number of rotatable bonds is 4. The Balaban J connectivity index is 1.80. The van der Waals surface area contributed by atoms with Gasteiger partial charge < -0.3 is 10.0 Å². The number of hydrogen-bond donors (Lipinski definition) is 1. The number of piperazine rings is 1. The molecule has 0 bridgehead atoms. The molecule has 0 aliphatic carbocycles. The maximum Gasteiger partial charge on any atom is 0.304 e. The van der Waals surface area contributed by atoms with Crippen molar-refractivity contribution in [2.45, 2.75) is 6.42 Å². The Morgan fingerprint density at radius 3 is 2.65 bits per heavy atom. The van der Waals surface area contributed by atoms with Crippen molar-refractivity contribution in [2.75, 3.05) is 37.6 Å². The molecule has 1 aliphatic rings. The minimum absolute atomic E-state index is 0.226. The monoisotopic (exact) mass is 235 g/mol. The van der Waals surface area contributed by atoms with Crippen LogP contribution in [0.25, 0.3) is 0 Å². The molecule has 17 heavy (non-hydrogen) atoms. The number of aliphatic carboxylic acids is 1. The Hall–Kier alpha value is -1.62. The van der Waals surface area contributed by atoms with Crippen LogP contribution in [0, 0.1) is 0 Å². The third-order valence-corrected chi connectivity index (χ3v) is 2.99. The lowest BCUT2D eigenvalue weighted by molar-refractivity contribution is -0.137. The molecule has 1 aliphatic heterocycles. The molecule has 0 atom stereocenters. The summed E-state index contributed by atoms with van der Waals surface area (Å²) >= 11 is 0. The number of nitrogens with zero attached hydrogens (tertiary/aromatic N) is 3. The van der Waals surface area contributed by atoms with Crippen LogP contribution in [0.3, 0.4) is 0 Å². The zero-order valence-corrected chi connectivity index (χ0v) is 9.75. The second-order valence-electron chi connectivity index (χ2n) is 4.16. The van der Waals surface area contributed by atoms with Crippen molar-refractivity contribution in [1.29, 1.82) is 0 Å². The van der Waals surface area contributed by atoms with E-state index < -0.39 is 5.97 Å². The number of carboxylic acid groups (broad SMARTS) is 1. The average molecular weight is 235 g/mol. The van der Waals surface area contributed by atoms with E-state index in [9.17, 15) is 4.79 Å². The molecule has 0 aromatic carbocycles. The van der Waals surface area contributed by atoms with Gasteiger partial charge in [0.1, 0.15) is 5.82 Å². The number of hydrogen-bond acceptors (Lipinski definition) is 4. The summed E-state index contributed by atoms with van der Waals surface area (Å²) < 4.78 is 0. The van der Waals surface area contributed by atoms with E-state index in [1.165, 1.54) is 0 Å². The van der Waals surface area contributed by atoms with E-state index in [1.807, 2.05) is 18.2 Å². The number of pyridine rings is 1. The molecule has 1 saturated heterocycles. The summed E-state index contributed by atoms with van der Waals surface area (Å²) in [4.78, 5) is 19.2. The Labute approximate surface area is 101 Å². The first kappa shape index (κ1) is 11.9. The minimum atomic E-state index is -0.725. The summed E-state index contributed by atoms with van der Waals surface area (Å²) in [6.45, 7) is 4.28. The van der Waals surface area contributed by atoms with Crippen LogP contribution in [-0.2, 0) is 4.79 Å². The van der Waals surface area contributed by atoms with Gasteiger partial charge in [0, 0.05) is 38.9 Å². The van der Waals surface area contributed by atoms with Crippen molar-refractivity contribution >= 4 is 11.8 Å². The van der Waals surface area contributed by atoms with Gasteiger partial charge >= 0.3 is 5.97 Å². The van der Waals surface area contributed by atoms with Crippen LogP contribution in [0.15, 0.2) is 24.4 Å². The predicted molar refractivity (Wildman–Crippen MR) is 65.1 cm³/mol. The number of carboxylic acids is 1. The lowest BCUT2D eigenvalue weighted by Crippen LogP contribution is -2.47. The summed E-state index contributed by atoms with van der Waals surface area (Å²) in [5.74, 6) is 0.280. The van der Waals surface area contributed by atoms with Gasteiger partial charge in [0.15, 0.2) is 0 Å². The molecule has 92 valence electrons. The van der Waals surface area contributed by atoms with Crippen LogP contribution in [-0.4, -0.2) is 53.7 Å². The molecule has 0 amide bonds. The molecule has 0 saturated carbocycles. The third kappa shape index (κ3) is 3.42. The van der Waals surface area contributed by atoms with Crippen molar-refractivity contribution in [2.24, 2.45) is 0 Å². The van der Waals surface area contributed by atoms with Crippen molar-refractivity contribution in [3.8, 4) is 0 Å². The summed E-state index contributed by atoms with van der Waals surface area (Å²) in [7, 11) is 0. The molecule has 1 N–H and O–H groups in total. The highest BCUT2D eigenvalue weighted by Crippen LogP contribution is 2.12. The van der Waals surface area contributed by atoms with E-state index in [2.05, 4.69) is 14.8 Å². The first-order valence-electron chi connectivity index (χ1n) is 5.86. The number of aromatic nitrogens is 1. The van der Waals surface area contributed by atoms with E-state index in [4.69, 9.17) is 5.11 Å². The summed E-state index contributed by atoms with van der Waals surface area (Å²) in [5.41, 5.74) is 0. The third-order valence-electron chi connectivity index (χ3n) is 2.99. The summed E-state index contributed by atoms with van der Waals surface area (Å²) in [5, 5.41) is 8.63. The fourth-order valence-electron chi connectivity index (χ4n) is 2.00. The van der Waals surface area contributed by atoms with Gasteiger partial charge in [-0.2, -0.15) is 0 Å². The first-order valence-corrected chi connectivity index (χ1v) is 5.86. The normalized spacial score (nSPS) is 17.1. The lowest BCUT2D eigenvalue weighted by Gasteiger charge is -2.35. The SMILES string of the molecule is O=C(O)CCN1CCN(c2ccccn2)CC1. The largest absolute Gasteiger partial charge is 0.481 e. The molecule has 0 spiro atoms. The van der Waals surface area contributed by atoms with Gasteiger partial charge in [0.05, 0.1) is 6.42 Å². The highest BCUT2D eigenvalue weighted by atomic mass is 16.4. The highest BCUT2D eigenvalue weighted by Gasteiger charge is 2.17. The van der Waals surface area contributed by atoms with E-state index in [0.717, 1.165) is 32.0 Å². The molecule has 1 fully saturated rings. The second-order valence-corrected chi connectivity index (χ2v) is 4.16. The molecule has 0 radical (unpaired) electrons. The van der Waals surface area contributed by atoms with E-state index in [-0.39, 0.29) is 6.42 Å². The zero-order chi connectivity index (χ0) is 12.1. The maximum absolute atomic E-state index is 10.5. The maximum atomic E-state index is 10.5. The van der Waals surface area contributed by atoms with Crippen molar-refractivity contribution in [3.05, 3.63) is 24.4 Å². The van der Waals surface area contributed by atoms with Crippen LogP contribution in [0.4, 0.5) is 5.82 Å². The molecule has 2 heterocycles. The van der Waals surface area contributed by atoms with Crippen LogP contribution >= 0.6 is 0 Å². The number of anilines is 1. The predicted octanol–water partition coefficient (Wildman–Crippen LogP) is 0.678. The summed E-state index contributed by atoms with van der Waals surface area (Å²) in [6.07, 6.45) is 2.02. The van der Waals surface area contributed by atoms with E-state index >= 15 is 0 Å². The standard InChI is InChI=1S/C12H17N3O2/c16-12(17)4-6-14-7-9-15(10-8-14)11-3-1-2-5-13-11/h1-3,5H,4,6-10H2,(H,16,17). The van der Waals surface area contributed by atoms with Crippen LogP contribution in [0.5, 0.6) is 0 Å². The fourth-order valence-corrected chi connectivity index (χ4v) is 2.00. The Bertz CT molecular complexity index is 361.